The number of halogens is 1. The van der Waals surface area contributed by atoms with E-state index in [1.807, 2.05) is 30.3 Å². The second-order valence-corrected chi connectivity index (χ2v) is 4.74. The Balaban J connectivity index is 2.00. The molecule has 2 aromatic rings. The molecule has 3 nitrogen and oxygen atoms in total. The third-order valence-electron chi connectivity index (χ3n) is 2.62. The first kappa shape index (κ1) is 11.0. The minimum absolute atomic E-state index is 0.263. The molecule has 2 heterocycles. The van der Waals surface area contributed by atoms with Crippen LogP contribution in [-0.4, -0.2) is 13.2 Å². The zero-order chi connectivity index (χ0) is 11.7. The molecule has 3 rings (SSSR count). The van der Waals surface area contributed by atoms with E-state index in [0.717, 1.165) is 21.4 Å². The fourth-order valence-corrected chi connectivity index (χ4v) is 2.40. The Hall–Kier alpha value is -1.10. The lowest BCUT2D eigenvalue weighted by Crippen LogP contribution is -1.98. The Morgan fingerprint density at radius 1 is 1.12 bits per heavy atom. The van der Waals surface area contributed by atoms with E-state index in [1.54, 1.807) is 6.26 Å². The summed E-state index contributed by atoms with van der Waals surface area (Å²) in [6.07, 6.45) is 1.40. The van der Waals surface area contributed by atoms with Gasteiger partial charge in [-0.25, -0.2) is 0 Å². The highest BCUT2D eigenvalue weighted by Gasteiger charge is 2.19. The van der Waals surface area contributed by atoms with E-state index in [4.69, 9.17) is 13.9 Å². The molecule has 0 atom stereocenters. The highest BCUT2D eigenvalue weighted by molar-refractivity contribution is 9.10. The van der Waals surface area contributed by atoms with Gasteiger partial charge >= 0.3 is 0 Å². The van der Waals surface area contributed by atoms with Crippen LogP contribution in [0.4, 0.5) is 0 Å². The van der Waals surface area contributed by atoms with Crippen molar-refractivity contribution in [3.63, 3.8) is 0 Å². The molecule has 0 N–H and O–H groups in total. The van der Waals surface area contributed by atoms with E-state index in [9.17, 15) is 0 Å². The van der Waals surface area contributed by atoms with E-state index >= 15 is 0 Å². The van der Waals surface area contributed by atoms with Gasteiger partial charge < -0.3 is 13.9 Å². The fourth-order valence-electron chi connectivity index (χ4n) is 1.88. The number of hydrogen-bond donors (Lipinski definition) is 0. The van der Waals surface area contributed by atoms with Gasteiger partial charge in [0.1, 0.15) is 5.76 Å². The van der Waals surface area contributed by atoms with Crippen molar-refractivity contribution in [1.82, 2.24) is 0 Å². The smallest absolute Gasteiger partial charge is 0.184 e. The topological polar surface area (TPSA) is 31.6 Å². The van der Waals surface area contributed by atoms with Crippen molar-refractivity contribution in [2.45, 2.75) is 6.29 Å². The maximum atomic E-state index is 5.49. The molecule has 0 bridgehead atoms. The maximum absolute atomic E-state index is 5.49. The molecule has 4 heteroatoms. The van der Waals surface area contributed by atoms with Crippen molar-refractivity contribution in [3.05, 3.63) is 46.6 Å². The van der Waals surface area contributed by atoms with Crippen LogP contribution in [0.2, 0.25) is 0 Å². The van der Waals surface area contributed by atoms with Gasteiger partial charge in [0.05, 0.1) is 19.5 Å². The second-order valence-electron chi connectivity index (χ2n) is 3.82. The van der Waals surface area contributed by atoms with E-state index in [0.29, 0.717) is 13.2 Å². The van der Waals surface area contributed by atoms with E-state index < -0.39 is 0 Å². The lowest BCUT2D eigenvalue weighted by atomic mass is 10.1. The van der Waals surface area contributed by atoms with Crippen molar-refractivity contribution in [2.24, 2.45) is 0 Å². The summed E-state index contributed by atoms with van der Waals surface area (Å²) in [6.45, 7) is 1.29. The molecule has 88 valence electrons. The third kappa shape index (κ3) is 2.29. The largest absolute Gasteiger partial charge is 0.464 e. The Morgan fingerprint density at radius 2 is 1.94 bits per heavy atom. The van der Waals surface area contributed by atoms with E-state index in [1.165, 1.54) is 0 Å². The van der Waals surface area contributed by atoms with Gasteiger partial charge in [-0.05, 0) is 30.3 Å². The monoisotopic (exact) mass is 294 g/mol. The number of rotatable bonds is 2. The molecule has 0 spiro atoms. The molecule has 1 fully saturated rings. The van der Waals surface area contributed by atoms with Crippen LogP contribution in [-0.2, 0) is 9.47 Å². The highest BCUT2D eigenvalue weighted by Crippen LogP contribution is 2.31. The Bertz CT molecular complexity index is 501. The number of benzene rings is 1. The predicted molar refractivity (Wildman–Crippen MR) is 66.5 cm³/mol. The van der Waals surface area contributed by atoms with Crippen LogP contribution < -0.4 is 0 Å². The molecule has 0 aliphatic carbocycles. The van der Waals surface area contributed by atoms with Crippen LogP contribution in [0.5, 0.6) is 0 Å². The minimum atomic E-state index is -0.263. The normalized spacial score (nSPS) is 16.5. The molecule has 17 heavy (non-hydrogen) atoms. The molecule has 1 aromatic carbocycles. The lowest BCUT2D eigenvalue weighted by molar-refractivity contribution is -0.0441. The summed E-state index contributed by atoms with van der Waals surface area (Å²) in [4.78, 5) is 0. The van der Waals surface area contributed by atoms with Gasteiger partial charge in [0.2, 0.25) is 0 Å². The van der Waals surface area contributed by atoms with Gasteiger partial charge in [-0.1, -0.05) is 15.9 Å². The average molecular weight is 295 g/mol. The zero-order valence-electron chi connectivity index (χ0n) is 9.06. The fraction of sp³-hybridized carbons (Fsp3) is 0.231. The van der Waals surface area contributed by atoms with E-state index in [2.05, 4.69) is 15.9 Å². The molecular formula is C13H11BrO3. The first-order chi connectivity index (χ1) is 8.33. The lowest BCUT2D eigenvalue weighted by Gasteiger charge is -2.11. The highest BCUT2D eigenvalue weighted by atomic mass is 79.9. The van der Waals surface area contributed by atoms with Crippen LogP contribution in [0.1, 0.15) is 11.9 Å². The Labute approximate surface area is 107 Å². The summed E-state index contributed by atoms with van der Waals surface area (Å²) in [5.74, 6) is 0.838. The summed E-state index contributed by atoms with van der Waals surface area (Å²) in [6, 6.07) is 9.85. The molecule has 0 radical (unpaired) electrons. The predicted octanol–water partition coefficient (Wildman–Crippen LogP) is 3.75. The van der Waals surface area contributed by atoms with Gasteiger partial charge in [-0.3, -0.25) is 0 Å². The van der Waals surface area contributed by atoms with Gasteiger partial charge in [-0.15, -0.1) is 0 Å². The Morgan fingerprint density at radius 3 is 2.65 bits per heavy atom. The summed E-state index contributed by atoms with van der Waals surface area (Å²) in [5, 5.41) is 0. The van der Waals surface area contributed by atoms with Crippen molar-refractivity contribution in [2.75, 3.05) is 13.2 Å². The van der Waals surface area contributed by atoms with Gasteiger partial charge in [-0.2, -0.15) is 0 Å². The Kier molecular flexibility index (Phi) is 3.01. The molecule has 1 aromatic heterocycles. The second kappa shape index (κ2) is 4.64. The summed E-state index contributed by atoms with van der Waals surface area (Å²) >= 11 is 3.49. The number of hydrogen-bond acceptors (Lipinski definition) is 3. The van der Waals surface area contributed by atoms with Gasteiger partial charge in [0, 0.05) is 15.6 Å². The van der Waals surface area contributed by atoms with Gasteiger partial charge in [0.25, 0.3) is 0 Å². The van der Waals surface area contributed by atoms with E-state index in [-0.39, 0.29) is 6.29 Å². The summed E-state index contributed by atoms with van der Waals surface area (Å²) < 4.78 is 17.4. The van der Waals surface area contributed by atoms with Crippen LogP contribution in [0.15, 0.2) is 45.5 Å². The van der Waals surface area contributed by atoms with Crippen LogP contribution in [0, 0.1) is 0 Å². The first-order valence-corrected chi connectivity index (χ1v) is 6.20. The first-order valence-electron chi connectivity index (χ1n) is 5.40. The maximum Gasteiger partial charge on any atom is 0.184 e. The van der Waals surface area contributed by atoms with Gasteiger partial charge in [0.15, 0.2) is 6.29 Å². The molecule has 1 aliphatic heterocycles. The third-order valence-corrected chi connectivity index (χ3v) is 3.08. The van der Waals surface area contributed by atoms with Crippen LogP contribution in [0.3, 0.4) is 0 Å². The SMILES string of the molecule is Brc1cc(-c2ccco2)cc(C2OCCO2)c1. The van der Waals surface area contributed by atoms with Crippen molar-refractivity contribution in [3.8, 4) is 11.3 Å². The molecular weight excluding hydrogens is 284 g/mol. The number of ether oxygens (including phenoxy) is 2. The summed E-state index contributed by atoms with van der Waals surface area (Å²) in [7, 11) is 0. The average Bonchev–Trinajstić information content (AvgIpc) is 3.02. The number of furan rings is 1. The van der Waals surface area contributed by atoms with Crippen molar-refractivity contribution < 1.29 is 13.9 Å². The van der Waals surface area contributed by atoms with Crippen LogP contribution in [0.25, 0.3) is 11.3 Å². The molecule has 1 saturated heterocycles. The minimum Gasteiger partial charge on any atom is -0.464 e. The molecule has 1 aliphatic rings. The quantitative estimate of drug-likeness (QED) is 0.845. The molecule has 0 unspecified atom stereocenters. The van der Waals surface area contributed by atoms with Crippen LogP contribution >= 0.6 is 15.9 Å². The van der Waals surface area contributed by atoms with Crippen molar-refractivity contribution >= 4 is 15.9 Å². The molecule has 0 amide bonds. The molecule has 0 saturated carbocycles. The summed E-state index contributed by atoms with van der Waals surface area (Å²) in [5.41, 5.74) is 2.02. The van der Waals surface area contributed by atoms with Crippen molar-refractivity contribution in [1.29, 1.82) is 0 Å². The zero-order valence-corrected chi connectivity index (χ0v) is 10.6. The standard InChI is InChI=1S/C13H11BrO3/c14-11-7-9(12-2-1-3-15-12)6-10(8-11)13-16-4-5-17-13/h1-3,6-8,13H,4-5H2.